The SMILES string of the molecule is CCCCN(CC)C(=O)c1cccc(-c2cc(C(F)(F)F)nn2C)c1. The van der Waals surface area contributed by atoms with E-state index < -0.39 is 11.9 Å². The molecule has 0 saturated heterocycles. The quantitative estimate of drug-likeness (QED) is 0.773. The first-order valence-electron chi connectivity index (χ1n) is 8.28. The standard InChI is InChI=1S/C18H22F3N3O/c1-4-6-10-24(5-2)17(25)14-9-7-8-13(11-14)15-12-16(18(19,20)21)22-23(15)3/h7-9,11-12H,4-6,10H2,1-3H3. The van der Waals surface area contributed by atoms with E-state index in [9.17, 15) is 18.0 Å². The van der Waals surface area contributed by atoms with Crippen molar-refractivity contribution in [3.05, 3.63) is 41.6 Å². The van der Waals surface area contributed by atoms with Gasteiger partial charge in [0.2, 0.25) is 0 Å². The Bertz CT molecular complexity index is 737. The fourth-order valence-electron chi connectivity index (χ4n) is 2.62. The van der Waals surface area contributed by atoms with Crippen LogP contribution in [0.15, 0.2) is 30.3 Å². The van der Waals surface area contributed by atoms with Crippen LogP contribution in [0.2, 0.25) is 0 Å². The highest BCUT2D eigenvalue weighted by Gasteiger charge is 2.34. The summed E-state index contributed by atoms with van der Waals surface area (Å²) in [6.07, 6.45) is -2.60. The summed E-state index contributed by atoms with van der Waals surface area (Å²) in [6, 6.07) is 7.65. The minimum absolute atomic E-state index is 0.115. The van der Waals surface area contributed by atoms with Crippen molar-refractivity contribution in [3.63, 3.8) is 0 Å². The Hall–Kier alpha value is -2.31. The minimum atomic E-state index is -4.50. The summed E-state index contributed by atoms with van der Waals surface area (Å²) < 4.78 is 39.7. The Balaban J connectivity index is 2.33. The molecule has 1 heterocycles. The number of amides is 1. The molecule has 0 atom stereocenters. The van der Waals surface area contributed by atoms with Gasteiger partial charge in [0.05, 0.1) is 5.69 Å². The number of carbonyl (C=O) groups is 1. The van der Waals surface area contributed by atoms with Crippen LogP contribution in [0.5, 0.6) is 0 Å². The Morgan fingerprint density at radius 3 is 2.52 bits per heavy atom. The van der Waals surface area contributed by atoms with E-state index >= 15 is 0 Å². The summed E-state index contributed by atoms with van der Waals surface area (Å²) in [5.74, 6) is -0.115. The second kappa shape index (κ2) is 7.72. The van der Waals surface area contributed by atoms with Crippen molar-refractivity contribution in [1.29, 1.82) is 0 Å². The number of unbranched alkanes of at least 4 members (excludes halogenated alkanes) is 1. The number of hydrogen-bond donors (Lipinski definition) is 0. The third-order valence-corrected chi connectivity index (χ3v) is 4.03. The zero-order valence-corrected chi connectivity index (χ0v) is 14.6. The maximum Gasteiger partial charge on any atom is 0.435 e. The minimum Gasteiger partial charge on any atom is -0.339 e. The number of halogens is 3. The molecule has 0 saturated carbocycles. The van der Waals surface area contributed by atoms with Crippen LogP contribution >= 0.6 is 0 Å². The van der Waals surface area contributed by atoms with Crippen molar-refractivity contribution in [1.82, 2.24) is 14.7 Å². The number of hydrogen-bond acceptors (Lipinski definition) is 2. The number of aromatic nitrogens is 2. The lowest BCUT2D eigenvalue weighted by molar-refractivity contribution is -0.141. The molecule has 1 aromatic heterocycles. The molecule has 1 amide bonds. The van der Waals surface area contributed by atoms with Gasteiger partial charge in [-0.25, -0.2) is 0 Å². The van der Waals surface area contributed by atoms with Crippen LogP contribution in [0.4, 0.5) is 13.2 Å². The van der Waals surface area contributed by atoms with Crippen molar-refractivity contribution in [2.24, 2.45) is 7.05 Å². The van der Waals surface area contributed by atoms with Crippen LogP contribution < -0.4 is 0 Å². The Morgan fingerprint density at radius 1 is 1.24 bits per heavy atom. The Labute approximate surface area is 145 Å². The van der Waals surface area contributed by atoms with Crippen molar-refractivity contribution in [2.45, 2.75) is 32.9 Å². The number of nitrogens with zero attached hydrogens (tertiary/aromatic N) is 3. The highest BCUT2D eigenvalue weighted by atomic mass is 19.4. The van der Waals surface area contributed by atoms with Crippen molar-refractivity contribution in [2.75, 3.05) is 13.1 Å². The summed E-state index contributed by atoms with van der Waals surface area (Å²) in [7, 11) is 1.46. The molecule has 0 radical (unpaired) electrons. The maximum atomic E-state index is 12.8. The maximum absolute atomic E-state index is 12.8. The summed E-state index contributed by atoms with van der Waals surface area (Å²) in [6.45, 7) is 5.22. The van der Waals surface area contributed by atoms with Crippen molar-refractivity contribution < 1.29 is 18.0 Å². The molecule has 136 valence electrons. The first kappa shape index (κ1) is 19.0. The molecule has 0 spiro atoms. The average molecular weight is 353 g/mol. The van der Waals surface area contributed by atoms with E-state index in [0.29, 0.717) is 29.9 Å². The van der Waals surface area contributed by atoms with E-state index in [4.69, 9.17) is 0 Å². The number of benzene rings is 1. The first-order valence-corrected chi connectivity index (χ1v) is 8.28. The third kappa shape index (κ3) is 4.41. The number of carbonyl (C=O) groups excluding carboxylic acids is 1. The monoisotopic (exact) mass is 353 g/mol. The molecule has 0 aliphatic carbocycles. The smallest absolute Gasteiger partial charge is 0.339 e. The molecule has 2 aromatic rings. The van der Waals surface area contributed by atoms with Gasteiger partial charge in [0, 0.05) is 31.3 Å². The van der Waals surface area contributed by atoms with Gasteiger partial charge in [-0.05, 0) is 31.5 Å². The van der Waals surface area contributed by atoms with Gasteiger partial charge < -0.3 is 4.90 Å². The van der Waals surface area contributed by atoms with Crippen molar-refractivity contribution in [3.8, 4) is 11.3 Å². The van der Waals surface area contributed by atoms with E-state index in [2.05, 4.69) is 12.0 Å². The van der Waals surface area contributed by atoms with Crippen LogP contribution in [0.25, 0.3) is 11.3 Å². The van der Waals surface area contributed by atoms with Gasteiger partial charge in [0.15, 0.2) is 5.69 Å². The zero-order chi connectivity index (χ0) is 18.6. The van der Waals surface area contributed by atoms with Gasteiger partial charge in [-0.2, -0.15) is 18.3 Å². The predicted octanol–water partition coefficient (Wildman–Crippen LogP) is 4.37. The van der Waals surface area contributed by atoms with Crippen LogP contribution in [-0.4, -0.2) is 33.7 Å². The number of aryl methyl sites for hydroxylation is 1. The van der Waals surface area contributed by atoms with Gasteiger partial charge in [-0.3, -0.25) is 9.48 Å². The lowest BCUT2D eigenvalue weighted by Gasteiger charge is -2.21. The largest absolute Gasteiger partial charge is 0.435 e. The Kier molecular flexibility index (Phi) is 5.87. The van der Waals surface area contributed by atoms with Crippen LogP contribution in [0, 0.1) is 0 Å². The van der Waals surface area contributed by atoms with E-state index in [1.54, 1.807) is 29.2 Å². The van der Waals surface area contributed by atoms with Crippen LogP contribution in [-0.2, 0) is 13.2 Å². The van der Waals surface area contributed by atoms with Crippen LogP contribution in [0.3, 0.4) is 0 Å². The van der Waals surface area contributed by atoms with Gasteiger partial charge >= 0.3 is 6.18 Å². The normalized spacial score (nSPS) is 11.6. The summed E-state index contributed by atoms with van der Waals surface area (Å²) in [5, 5.41) is 3.52. The topological polar surface area (TPSA) is 38.1 Å². The second-order valence-corrected chi connectivity index (χ2v) is 5.86. The third-order valence-electron chi connectivity index (χ3n) is 4.03. The molecule has 25 heavy (non-hydrogen) atoms. The molecular formula is C18H22F3N3O. The highest BCUT2D eigenvalue weighted by molar-refractivity contribution is 5.95. The van der Waals surface area contributed by atoms with E-state index in [0.717, 1.165) is 18.9 Å². The van der Waals surface area contributed by atoms with Gasteiger partial charge in [0.1, 0.15) is 0 Å². The molecule has 1 aromatic carbocycles. The molecule has 0 aliphatic heterocycles. The number of alkyl halides is 3. The van der Waals surface area contributed by atoms with Gasteiger partial charge in [-0.1, -0.05) is 25.5 Å². The molecular weight excluding hydrogens is 331 g/mol. The van der Waals surface area contributed by atoms with Gasteiger partial charge in [-0.15, -0.1) is 0 Å². The van der Waals surface area contributed by atoms with Crippen molar-refractivity contribution >= 4 is 5.91 Å². The zero-order valence-electron chi connectivity index (χ0n) is 14.6. The molecule has 0 bridgehead atoms. The summed E-state index contributed by atoms with van der Waals surface area (Å²) in [4.78, 5) is 14.4. The highest BCUT2D eigenvalue weighted by Crippen LogP contribution is 2.31. The lowest BCUT2D eigenvalue weighted by atomic mass is 10.1. The summed E-state index contributed by atoms with van der Waals surface area (Å²) >= 11 is 0. The number of rotatable bonds is 6. The molecule has 4 nitrogen and oxygen atoms in total. The molecule has 7 heteroatoms. The predicted molar refractivity (Wildman–Crippen MR) is 90.1 cm³/mol. The lowest BCUT2D eigenvalue weighted by Crippen LogP contribution is -2.31. The molecule has 0 aliphatic rings. The first-order chi connectivity index (χ1) is 11.8. The molecule has 2 rings (SSSR count). The fraction of sp³-hybridized carbons (Fsp3) is 0.444. The van der Waals surface area contributed by atoms with E-state index in [1.165, 1.54) is 11.7 Å². The average Bonchev–Trinajstić information content (AvgIpc) is 2.97. The van der Waals surface area contributed by atoms with E-state index in [1.807, 2.05) is 6.92 Å². The molecule has 0 unspecified atom stereocenters. The fourth-order valence-corrected chi connectivity index (χ4v) is 2.62. The van der Waals surface area contributed by atoms with Gasteiger partial charge in [0.25, 0.3) is 5.91 Å². The molecule has 0 fully saturated rings. The summed E-state index contributed by atoms with van der Waals surface area (Å²) in [5.41, 5.74) is 0.367. The Morgan fingerprint density at radius 2 is 1.96 bits per heavy atom. The van der Waals surface area contributed by atoms with E-state index in [-0.39, 0.29) is 5.91 Å². The second-order valence-electron chi connectivity index (χ2n) is 5.86. The van der Waals surface area contributed by atoms with Crippen LogP contribution in [0.1, 0.15) is 42.7 Å². The molecule has 0 N–H and O–H groups in total.